The van der Waals surface area contributed by atoms with Crippen LogP contribution >= 0.6 is 34.4 Å². The highest BCUT2D eigenvalue weighted by Gasteiger charge is 2.14. The summed E-state index contributed by atoms with van der Waals surface area (Å²) in [5.74, 6) is 0.397. The van der Waals surface area contributed by atoms with Crippen molar-refractivity contribution in [1.29, 1.82) is 0 Å². The third-order valence-corrected chi connectivity index (χ3v) is 6.77. The highest BCUT2D eigenvalue weighted by atomic mass is 32.2. The normalized spacial score (nSPS) is 10.5. The van der Waals surface area contributed by atoms with Crippen LogP contribution in [0.5, 0.6) is 5.75 Å². The van der Waals surface area contributed by atoms with Crippen LogP contribution in [0.25, 0.3) is 0 Å². The number of thiazole rings is 1. The second-order valence-corrected chi connectivity index (χ2v) is 9.14. The SMILES string of the molecule is COc1ccc(NC(C)=O)cc1NC(=O)Cc1csc(SCC(=O)c2cccs2)n1. The van der Waals surface area contributed by atoms with Gasteiger partial charge in [-0.25, -0.2) is 4.98 Å². The lowest BCUT2D eigenvalue weighted by Gasteiger charge is -2.12. The Balaban J connectivity index is 1.57. The molecule has 2 amide bonds. The van der Waals surface area contributed by atoms with Crippen LogP contribution < -0.4 is 15.4 Å². The molecule has 1 aromatic carbocycles. The number of thioether (sulfide) groups is 1. The lowest BCUT2D eigenvalue weighted by Crippen LogP contribution is -2.15. The number of anilines is 2. The second kappa shape index (κ2) is 10.4. The molecule has 0 radical (unpaired) electrons. The molecule has 0 atom stereocenters. The number of thiophene rings is 1. The van der Waals surface area contributed by atoms with Gasteiger partial charge in [-0.05, 0) is 29.6 Å². The number of rotatable bonds is 9. The van der Waals surface area contributed by atoms with Gasteiger partial charge in [-0.15, -0.1) is 22.7 Å². The van der Waals surface area contributed by atoms with Gasteiger partial charge in [0.2, 0.25) is 11.8 Å². The molecule has 0 spiro atoms. The molecular weight excluding hydrogens is 442 g/mol. The Morgan fingerprint density at radius 1 is 1.17 bits per heavy atom. The Morgan fingerprint density at radius 3 is 2.70 bits per heavy atom. The number of nitrogens with zero attached hydrogens (tertiary/aromatic N) is 1. The van der Waals surface area contributed by atoms with E-state index in [1.807, 2.05) is 16.8 Å². The van der Waals surface area contributed by atoms with Crippen molar-refractivity contribution in [3.63, 3.8) is 0 Å². The van der Waals surface area contributed by atoms with Crippen molar-refractivity contribution in [2.75, 3.05) is 23.5 Å². The summed E-state index contributed by atoms with van der Waals surface area (Å²) < 4.78 is 6.01. The number of hydrogen-bond donors (Lipinski definition) is 2. The molecule has 3 aromatic rings. The van der Waals surface area contributed by atoms with Crippen LogP contribution in [0.3, 0.4) is 0 Å². The van der Waals surface area contributed by atoms with Gasteiger partial charge >= 0.3 is 0 Å². The van der Waals surface area contributed by atoms with Crippen molar-refractivity contribution < 1.29 is 19.1 Å². The fourth-order valence-electron chi connectivity index (χ4n) is 2.52. The minimum absolute atomic E-state index is 0.0654. The van der Waals surface area contributed by atoms with Crippen molar-refractivity contribution in [1.82, 2.24) is 4.98 Å². The number of benzene rings is 1. The Bertz CT molecular complexity index is 1050. The number of ether oxygens (including phenoxy) is 1. The van der Waals surface area contributed by atoms with Crippen LogP contribution in [-0.4, -0.2) is 35.4 Å². The van der Waals surface area contributed by atoms with Crippen LogP contribution in [0.4, 0.5) is 11.4 Å². The summed E-state index contributed by atoms with van der Waals surface area (Å²) >= 11 is 4.19. The third kappa shape index (κ3) is 6.15. The Kier molecular flexibility index (Phi) is 7.61. The van der Waals surface area contributed by atoms with Gasteiger partial charge in [-0.1, -0.05) is 17.8 Å². The molecule has 0 aliphatic carbocycles. The smallest absolute Gasteiger partial charge is 0.230 e. The summed E-state index contributed by atoms with van der Waals surface area (Å²) in [6.45, 7) is 1.41. The first-order valence-corrected chi connectivity index (χ1v) is 11.6. The zero-order valence-corrected chi connectivity index (χ0v) is 18.7. The van der Waals surface area contributed by atoms with Crippen molar-refractivity contribution in [2.45, 2.75) is 17.7 Å². The molecular formula is C20H19N3O4S3. The number of Topliss-reactive ketones (excluding diaryl/α,β-unsaturated/α-hetero) is 1. The predicted molar refractivity (Wildman–Crippen MR) is 121 cm³/mol. The number of nitrogens with one attached hydrogen (secondary N) is 2. The summed E-state index contributed by atoms with van der Waals surface area (Å²) in [4.78, 5) is 41.0. The summed E-state index contributed by atoms with van der Waals surface area (Å²) in [5, 5.41) is 9.14. The first kappa shape index (κ1) is 22.0. The van der Waals surface area contributed by atoms with Crippen LogP contribution in [0, 0.1) is 0 Å². The van der Waals surface area contributed by atoms with E-state index < -0.39 is 0 Å². The average molecular weight is 462 g/mol. The van der Waals surface area contributed by atoms with Crippen molar-refractivity contribution in [2.24, 2.45) is 0 Å². The van der Waals surface area contributed by atoms with E-state index in [1.165, 1.54) is 48.5 Å². The Morgan fingerprint density at radius 2 is 2.00 bits per heavy atom. The fourth-order valence-corrected chi connectivity index (χ4v) is 5.00. The topological polar surface area (TPSA) is 97.4 Å². The maximum absolute atomic E-state index is 12.5. The molecule has 2 heterocycles. The number of amides is 2. The van der Waals surface area contributed by atoms with E-state index in [9.17, 15) is 14.4 Å². The molecule has 0 unspecified atom stereocenters. The first-order valence-electron chi connectivity index (χ1n) is 8.84. The van der Waals surface area contributed by atoms with Gasteiger partial charge in [0.25, 0.3) is 0 Å². The Hall–Kier alpha value is -2.69. The number of ketones is 1. The standard InChI is InChI=1S/C20H19N3O4S3/c1-12(24)21-13-5-6-17(27-2)15(8-13)23-19(26)9-14-10-29-20(22-14)30-11-16(25)18-4-3-7-28-18/h3-8,10H,9,11H2,1-2H3,(H,21,24)(H,23,26). The van der Waals surface area contributed by atoms with E-state index in [-0.39, 0.29) is 24.0 Å². The maximum atomic E-state index is 12.5. The number of hydrogen-bond acceptors (Lipinski definition) is 8. The molecule has 0 saturated heterocycles. The largest absolute Gasteiger partial charge is 0.495 e. The van der Waals surface area contributed by atoms with Crippen LogP contribution in [0.15, 0.2) is 45.4 Å². The van der Waals surface area contributed by atoms with E-state index in [4.69, 9.17) is 4.74 Å². The van der Waals surface area contributed by atoms with Crippen molar-refractivity contribution in [3.05, 3.63) is 51.7 Å². The molecule has 7 nitrogen and oxygen atoms in total. The van der Waals surface area contributed by atoms with Gasteiger partial charge in [-0.2, -0.15) is 0 Å². The highest BCUT2D eigenvalue weighted by Crippen LogP contribution is 2.29. The minimum atomic E-state index is -0.259. The molecule has 30 heavy (non-hydrogen) atoms. The lowest BCUT2D eigenvalue weighted by molar-refractivity contribution is -0.116. The molecule has 3 rings (SSSR count). The van der Waals surface area contributed by atoms with Crippen LogP contribution in [-0.2, 0) is 16.0 Å². The van der Waals surface area contributed by atoms with Gasteiger partial charge in [0, 0.05) is 18.0 Å². The molecule has 156 valence electrons. The zero-order valence-electron chi connectivity index (χ0n) is 16.3. The summed E-state index contributed by atoms with van der Waals surface area (Å²) in [6, 6.07) is 8.65. The fraction of sp³-hybridized carbons (Fsp3) is 0.200. The molecule has 0 aliphatic heterocycles. The summed E-state index contributed by atoms with van der Waals surface area (Å²) in [5.41, 5.74) is 1.64. The number of carbonyl (C=O) groups is 3. The molecule has 0 bridgehead atoms. The van der Waals surface area contributed by atoms with Crippen molar-refractivity contribution in [3.8, 4) is 5.75 Å². The van der Waals surface area contributed by atoms with Crippen LogP contribution in [0.1, 0.15) is 22.3 Å². The van der Waals surface area contributed by atoms with Crippen LogP contribution in [0.2, 0.25) is 0 Å². The third-order valence-electron chi connectivity index (χ3n) is 3.79. The van der Waals surface area contributed by atoms with E-state index in [1.54, 1.807) is 24.3 Å². The number of aromatic nitrogens is 1. The quantitative estimate of drug-likeness (QED) is 0.364. The monoisotopic (exact) mass is 461 g/mol. The molecule has 0 fully saturated rings. The van der Waals surface area contributed by atoms with Gasteiger partial charge in [-0.3, -0.25) is 14.4 Å². The Labute approximate surface area is 185 Å². The van der Waals surface area contributed by atoms with E-state index >= 15 is 0 Å². The van der Waals surface area contributed by atoms with E-state index in [0.717, 1.165) is 9.22 Å². The molecule has 0 saturated carbocycles. The van der Waals surface area contributed by atoms with E-state index in [0.29, 0.717) is 28.6 Å². The van der Waals surface area contributed by atoms with E-state index in [2.05, 4.69) is 15.6 Å². The van der Waals surface area contributed by atoms with Gasteiger partial charge in [0.15, 0.2) is 10.1 Å². The minimum Gasteiger partial charge on any atom is -0.495 e. The molecule has 2 aromatic heterocycles. The molecule has 2 N–H and O–H groups in total. The molecule has 0 aliphatic rings. The van der Waals surface area contributed by atoms with Crippen molar-refractivity contribution >= 4 is 63.4 Å². The lowest BCUT2D eigenvalue weighted by atomic mass is 10.2. The predicted octanol–water partition coefficient (Wildman–Crippen LogP) is 4.33. The first-order chi connectivity index (χ1) is 14.4. The van der Waals surface area contributed by atoms with Gasteiger partial charge < -0.3 is 15.4 Å². The van der Waals surface area contributed by atoms with Gasteiger partial charge in [0.05, 0.1) is 35.5 Å². The molecule has 10 heteroatoms. The zero-order chi connectivity index (χ0) is 21.5. The number of methoxy groups -OCH3 is 1. The highest BCUT2D eigenvalue weighted by molar-refractivity contribution is 8.01. The average Bonchev–Trinajstić information content (AvgIpc) is 3.38. The maximum Gasteiger partial charge on any atom is 0.230 e. The number of carbonyl (C=O) groups excluding carboxylic acids is 3. The second-order valence-electron chi connectivity index (χ2n) is 6.12. The summed E-state index contributed by atoms with van der Waals surface area (Å²) in [7, 11) is 1.50. The summed E-state index contributed by atoms with van der Waals surface area (Å²) in [6.07, 6.45) is 0.0868. The van der Waals surface area contributed by atoms with Gasteiger partial charge in [0.1, 0.15) is 5.75 Å².